The third kappa shape index (κ3) is 2.17. The quantitative estimate of drug-likeness (QED) is 0.812. The molecule has 2 rings (SSSR count). The molecule has 0 atom stereocenters. The highest BCUT2D eigenvalue weighted by Crippen LogP contribution is 2.16. The van der Waals surface area contributed by atoms with Crippen LogP contribution in [-0.4, -0.2) is 18.1 Å². The summed E-state index contributed by atoms with van der Waals surface area (Å²) in [6, 6.07) is 4.07. The van der Waals surface area contributed by atoms with Crippen LogP contribution in [0, 0.1) is 0 Å². The smallest absolute Gasteiger partial charge is 0.0672 e. The third-order valence-electron chi connectivity index (χ3n) is 2.08. The van der Waals surface area contributed by atoms with Gasteiger partial charge in [-0.05, 0) is 46.6 Å². The number of nitrogens with one attached hydrogen (secondary N) is 1. The number of rotatable bonds is 1. The van der Waals surface area contributed by atoms with Gasteiger partial charge in [-0.3, -0.25) is 4.98 Å². The van der Waals surface area contributed by atoms with Gasteiger partial charge in [0.2, 0.25) is 0 Å². The van der Waals surface area contributed by atoms with Crippen LogP contribution in [0.15, 0.2) is 28.9 Å². The number of nitrogens with zero attached hydrogens (tertiary/aromatic N) is 1. The monoisotopic (exact) mass is 238 g/mol. The Hall–Kier alpha value is -0.670. The van der Waals surface area contributed by atoms with Crippen molar-refractivity contribution in [3.05, 3.63) is 34.6 Å². The molecule has 0 spiro atoms. The summed E-state index contributed by atoms with van der Waals surface area (Å²) in [4.78, 5) is 4.35. The van der Waals surface area contributed by atoms with Crippen LogP contribution in [0.2, 0.25) is 0 Å². The second kappa shape index (κ2) is 4.03. The Morgan fingerprint density at radius 1 is 1.38 bits per heavy atom. The Morgan fingerprint density at radius 3 is 2.92 bits per heavy atom. The van der Waals surface area contributed by atoms with Crippen molar-refractivity contribution in [1.29, 1.82) is 0 Å². The summed E-state index contributed by atoms with van der Waals surface area (Å²) in [5.41, 5.74) is 2.38. The van der Waals surface area contributed by atoms with E-state index in [-0.39, 0.29) is 0 Å². The molecule has 2 heterocycles. The second-order valence-corrected chi connectivity index (χ2v) is 3.97. The lowest BCUT2D eigenvalue weighted by atomic mass is 10.1. The number of aromatic nitrogens is 1. The summed E-state index contributed by atoms with van der Waals surface area (Å²) in [6.07, 6.45) is 5.20. The van der Waals surface area contributed by atoms with E-state index in [1.807, 2.05) is 18.3 Å². The molecule has 13 heavy (non-hydrogen) atoms. The summed E-state index contributed by atoms with van der Waals surface area (Å²) in [5.74, 6) is 0. The van der Waals surface area contributed by atoms with Gasteiger partial charge in [-0.25, -0.2) is 0 Å². The zero-order chi connectivity index (χ0) is 9.10. The number of halogens is 1. The Balaban J connectivity index is 2.24. The lowest BCUT2D eigenvalue weighted by Crippen LogP contribution is -2.21. The summed E-state index contributed by atoms with van der Waals surface area (Å²) in [5, 5.41) is 3.33. The summed E-state index contributed by atoms with van der Waals surface area (Å²) >= 11 is 3.37. The molecule has 0 radical (unpaired) electrons. The largest absolute Gasteiger partial charge is 0.312 e. The zero-order valence-electron chi connectivity index (χ0n) is 7.26. The van der Waals surface area contributed by atoms with E-state index in [9.17, 15) is 0 Å². The van der Waals surface area contributed by atoms with Crippen molar-refractivity contribution in [2.75, 3.05) is 13.1 Å². The van der Waals surface area contributed by atoms with E-state index in [2.05, 4.69) is 32.3 Å². The van der Waals surface area contributed by atoms with Gasteiger partial charge in [-0.2, -0.15) is 0 Å². The molecule has 1 aliphatic rings. The molecule has 1 aliphatic heterocycles. The Labute approximate surface area is 86.2 Å². The van der Waals surface area contributed by atoms with Crippen LogP contribution in [0.5, 0.6) is 0 Å². The average molecular weight is 239 g/mol. The fourth-order valence-electron chi connectivity index (χ4n) is 1.40. The topological polar surface area (TPSA) is 24.9 Å². The van der Waals surface area contributed by atoms with Gasteiger partial charge in [-0.15, -0.1) is 0 Å². The fourth-order valence-corrected chi connectivity index (χ4v) is 1.64. The maximum absolute atomic E-state index is 4.35. The standard InChI is InChI=1S/C10H11BrN2/c11-9-3-4-10(13-7-9)8-2-1-5-12-6-8/h2-4,7,12H,1,5-6H2. The van der Waals surface area contributed by atoms with Crippen LogP contribution in [0.25, 0.3) is 5.57 Å². The Morgan fingerprint density at radius 2 is 2.31 bits per heavy atom. The molecule has 68 valence electrons. The van der Waals surface area contributed by atoms with E-state index in [4.69, 9.17) is 0 Å². The van der Waals surface area contributed by atoms with Gasteiger partial charge in [0.05, 0.1) is 5.69 Å². The highest BCUT2D eigenvalue weighted by Gasteiger charge is 2.05. The molecule has 0 bridgehead atoms. The van der Waals surface area contributed by atoms with E-state index in [0.29, 0.717) is 0 Å². The number of pyridine rings is 1. The predicted molar refractivity (Wildman–Crippen MR) is 57.4 cm³/mol. The highest BCUT2D eigenvalue weighted by molar-refractivity contribution is 9.10. The maximum Gasteiger partial charge on any atom is 0.0672 e. The molecule has 0 aliphatic carbocycles. The molecule has 0 saturated carbocycles. The van der Waals surface area contributed by atoms with Gasteiger partial charge in [-0.1, -0.05) is 6.08 Å². The minimum Gasteiger partial charge on any atom is -0.312 e. The highest BCUT2D eigenvalue weighted by atomic mass is 79.9. The fraction of sp³-hybridized carbons (Fsp3) is 0.300. The molecular weight excluding hydrogens is 228 g/mol. The van der Waals surface area contributed by atoms with Crippen molar-refractivity contribution in [2.45, 2.75) is 6.42 Å². The summed E-state index contributed by atoms with van der Waals surface area (Å²) in [6.45, 7) is 2.02. The lowest BCUT2D eigenvalue weighted by Gasteiger charge is -2.13. The molecule has 0 aromatic carbocycles. The van der Waals surface area contributed by atoms with Gasteiger partial charge in [0.25, 0.3) is 0 Å². The molecular formula is C10H11BrN2. The maximum atomic E-state index is 4.35. The Bertz CT molecular complexity index is 316. The van der Waals surface area contributed by atoms with Crippen molar-refractivity contribution >= 4 is 21.5 Å². The van der Waals surface area contributed by atoms with E-state index in [1.54, 1.807) is 0 Å². The van der Waals surface area contributed by atoms with Gasteiger partial charge in [0.1, 0.15) is 0 Å². The molecule has 1 aromatic heterocycles. The summed E-state index contributed by atoms with van der Waals surface area (Å²) < 4.78 is 1.03. The van der Waals surface area contributed by atoms with Crippen LogP contribution < -0.4 is 5.32 Å². The average Bonchev–Trinajstić information content (AvgIpc) is 2.20. The summed E-state index contributed by atoms with van der Waals surface area (Å²) in [7, 11) is 0. The van der Waals surface area contributed by atoms with Crippen LogP contribution in [0.1, 0.15) is 12.1 Å². The van der Waals surface area contributed by atoms with Gasteiger partial charge >= 0.3 is 0 Å². The first-order chi connectivity index (χ1) is 6.36. The molecule has 2 nitrogen and oxygen atoms in total. The first kappa shape index (κ1) is 8.91. The van der Waals surface area contributed by atoms with E-state index in [1.165, 1.54) is 5.57 Å². The van der Waals surface area contributed by atoms with Crippen molar-refractivity contribution in [2.24, 2.45) is 0 Å². The molecule has 0 fully saturated rings. The molecule has 0 amide bonds. The van der Waals surface area contributed by atoms with Gasteiger partial charge < -0.3 is 5.32 Å². The van der Waals surface area contributed by atoms with E-state index in [0.717, 1.165) is 29.7 Å². The predicted octanol–water partition coefficient (Wildman–Crippen LogP) is 2.22. The Kier molecular flexibility index (Phi) is 2.76. The lowest BCUT2D eigenvalue weighted by molar-refractivity contribution is 0.737. The third-order valence-corrected chi connectivity index (χ3v) is 2.55. The minimum atomic E-state index is 0.939. The van der Waals surface area contributed by atoms with Crippen LogP contribution in [-0.2, 0) is 0 Å². The van der Waals surface area contributed by atoms with Gasteiger partial charge in [0.15, 0.2) is 0 Å². The molecule has 3 heteroatoms. The number of hydrogen-bond donors (Lipinski definition) is 1. The van der Waals surface area contributed by atoms with Crippen LogP contribution in [0.4, 0.5) is 0 Å². The van der Waals surface area contributed by atoms with Crippen molar-refractivity contribution in [1.82, 2.24) is 10.3 Å². The molecule has 0 saturated heterocycles. The molecule has 0 unspecified atom stereocenters. The molecule has 1 aromatic rings. The van der Waals surface area contributed by atoms with Crippen LogP contribution in [0.3, 0.4) is 0 Å². The first-order valence-electron chi connectivity index (χ1n) is 4.38. The van der Waals surface area contributed by atoms with Crippen molar-refractivity contribution in [3.63, 3.8) is 0 Å². The normalized spacial score (nSPS) is 16.8. The zero-order valence-corrected chi connectivity index (χ0v) is 8.84. The van der Waals surface area contributed by atoms with E-state index < -0.39 is 0 Å². The SMILES string of the molecule is Brc1ccc(C2=CCCNC2)nc1. The minimum absolute atomic E-state index is 0.939. The van der Waals surface area contributed by atoms with E-state index >= 15 is 0 Å². The van der Waals surface area contributed by atoms with Crippen LogP contribution >= 0.6 is 15.9 Å². The van der Waals surface area contributed by atoms with Gasteiger partial charge in [0, 0.05) is 17.2 Å². The first-order valence-corrected chi connectivity index (χ1v) is 5.17. The van der Waals surface area contributed by atoms with Crippen molar-refractivity contribution in [3.8, 4) is 0 Å². The number of hydrogen-bond acceptors (Lipinski definition) is 2. The van der Waals surface area contributed by atoms with Crippen molar-refractivity contribution < 1.29 is 0 Å². The second-order valence-electron chi connectivity index (χ2n) is 3.06. The molecule has 1 N–H and O–H groups in total.